The van der Waals surface area contributed by atoms with Crippen LogP contribution in [0.2, 0.25) is 0 Å². The summed E-state index contributed by atoms with van der Waals surface area (Å²) in [4.78, 5) is 12.9. The number of nitrogens with two attached hydrogens (primary N) is 1. The molecule has 0 heterocycles. The van der Waals surface area contributed by atoms with E-state index in [2.05, 4.69) is 19.1 Å². The third-order valence-corrected chi connectivity index (χ3v) is 4.47. The summed E-state index contributed by atoms with van der Waals surface area (Å²) in [5.74, 6) is -0.370. The predicted molar refractivity (Wildman–Crippen MR) is 98.5 cm³/mol. The van der Waals surface area contributed by atoms with E-state index >= 15 is 0 Å². The lowest BCUT2D eigenvalue weighted by Gasteiger charge is -2.33. The van der Waals surface area contributed by atoms with Gasteiger partial charge in [-0.15, -0.1) is 0 Å². The van der Waals surface area contributed by atoms with Crippen LogP contribution in [0, 0.1) is 0 Å². The molecule has 0 spiro atoms. The zero-order chi connectivity index (χ0) is 17.0. The lowest BCUT2D eigenvalue weighted by molar-refractivity contribution is -0.121. The molecule has 0 atom stereocenters. The van der Waals surface area contributed by atoms with E-state index < -0.39 is 5.41 Å². The average molecular weight is 315 g/mol. The van der Waals surface area contributed by atoms with Crippen molar-refractivity contribution in [2.45, 2.75) is 18.8 Å². The van der Waals surface area contributed by atoms with Gasteiger partial charge in [-0.3, -0.25) is 4.79 Å². The highest BCUT2D eigenvalue weighted by Crippen LogP contribution is 2.41. The fraction of sp³-hybridized carbons (Fsp3) is 0.136. The minimum atomic E-state index is -1.00. The molecule has 24 heavy (non-hydrogen) atoms. The lowest BCUT2D eigenvalue weighted by atomic mass is 9.68. The molecule has 2 nitrogen and oxygen atoms in total. The molecule has 3 rings (SSSR count). The van der Waals surface area contributed by atoms with E-state index in [9.17, 15) is 4.79 Å². The summed E-state index contributed by atoms with van der Waals surface area (Å²) in [6.07, 6.45) is 9.07. The van der Waals surface area contributed by atoms with Gasteiger partial charge >= 0.3 is 0 Å². The summed E-state index contributed by atoms with van der Waals surface area (Å²) < 4.78 is 0. The first-order valence-electron chi connectivity index (χ1n) is 8.11. The number of carbonyl (C=O) groups excluding carboxylic acids is 1. The highest BCUT2D eigenvalue weighted by molar-refractivity contribution is 5.95. The summed E-state index contributed by atoms with van der Waals surface area (Å²) in [6.45, 7) is 2.07. The second-order valence-corrected chi connectivity index (χ2v) is 6.09. The number of primary amides is 1. The van der Waals surface area contributed by atoms with Crippen LogP contribution in [0.1, 0.15) is 24.5 Å². The molecule has 0 radical (unpaired) electrons. The van der Waals surface area contributed by atoms with Gasteiger partial charge in [-0.1, -0.05) is 90.5 Å². The molecular formula is C22H21NO. The van der Waals surface area contributed by atoms with Gasteiger partial charge in [-0.2, -0.15) is 0 Å². The Hall–Kier alpha value is -2.87. The van der Waals surface area contributed by atoms with Crippen molar-refractivity contribution in [1.82, 2.24) is 0 Å². The fourth-order valence-electron chi connectivity index (χ4n) is 3.33. The average Bonchev–Trinajstić information content (AvgIpc) is 2.82. The highest BCUT2D eigenvalue weighted by atomic mass is 16.1. The molecule has 2 N–H and O–H groups in total. The van der Waals surface area contributed by atoms with E-state index in [1.165, 1.54) is 5.57 Å². The van der Waals surface area contributed by atoms with Gasteiger partial charge in [0.25, 0.3) is 0 Å². The summed E-state index contributed by atoms with van der Waals surface area (Å²) in [6, 6.07) is 19.5. The van der Waals surface area contributed by atoms with Crippen LogP contribution in [0.3, 0.4) is 0 Å². The van der Waals surface area contributed by atoms with Crippen molar-refractivity contribution in [3.8, 4) is 0 Å². The number of benzene rings is 2. The van der Waals surface area contributed by atoms with Crippen molar-refractivity contribution >= 4 is 5.91 Å². The van der Waals surface area contributed by atoms with Crippen LogP contribution < -0.4 is 5.73 Å². The maximum absolute atomic E-state index is 12.9. The first-order valence-corrected chi connectivity index (χ1v) is 8.11. The van der Waals surface area contributed by atoms with Crippen LogP contribution in [0.5, 0.6) is 0 Å². The lowest BCUT2D eigenvalue weighted by Crippen LogP contribution is -2.43. The van der Waals surface area contributed by atoms with Crippen molar-refractivity contribution in [2.75, 3.05) is 0 Å². The van der Waals surface area contributed by atoms with Crippen LogP contribution in [0.25, 0.3) is 0 Å². The van der Waals surface area contributed by atoms with Crippen molar-refractivity contribution in [2.24, 2.45) is 5.73 Å². The van der Waals surface area contributed by atoms with Crippen LogP contribution >= 0.6 is 0 Å². The maximum atomic E-state index is 12.9. The second kappa shape index (κ2) is 6.71. The number of carbonyl (C=O) groups is 1. The van der Waals surface area contributed by atoms with Gasteiger partial charge in [-0.05, 0) is 30.0 Å². The van der Waals surface area contributed by atoms with Crippen LogP contribution in [-0.4, -0.2) is 5.91 Å². The van der Waals surface area contributed by atoms with Crippen molar-refractivity contribution in [1.29, 1.82) is 0 Å². The normalized spacial score (nSPS) is 14.5. The van der Waals surface area contributed by atoms with Crippen LogP contribution in [0.15, 0.2) is 96.1 Å². The zero-order valence-electron chi connectivity index (χ0n) is 13.8. The Labute approximate surface area is 143 Å². The smallest absolute Gasteiger partial charge is 0.237 e. The molecule has 1 amide bonds. The van der Waals surface area contributed by atoms with Crippen molar-refractivity contribution in [3.05, 3.63) is 107 Å². The van der Waals surface area contributed by atoms with Gasteiger partial charge in [0.1, 0.15) is 5.41 Å². The molecule has 0 unspecified atom stereocenters. The number of amides is 1. The molecule has 1 aliphatic carbocycles. The Morgan fingerprint density at radius 2 is 1.50 bits per heavy atom. The van der Waals surface area contributed by atoms with E-state index in [0.29, 0.717) is 0 Å². The SMILES string of the molecule is CC1=CC(C(C(N)=O)(c2ccccc2)c2ccccc2)=CC=CC1. The summed E-state index contributed by atoms with van der Waals surface area (Å²) in [7, 11) is 0. The molecule has 0 aromatic heterocycles. The molecule has 0 saturated carbocycles. The van der Waals surface area contributed by atoms with Crippen LogP contribution in [-0.2, 0) is 10.2 Å². The number of allylic oxidation sites excluding steroid dienone is 5. The second-order valence-electron chi connectivity index (χ2n) is 6.09. The van der Waals surface area contributed by atoms with E-state index in [-0.39, 0.29) is 5.91 Å². The Morgan fingerprint density at radius 3 is 2.00 bits per heavy atom. The number of hydrogen-bond acceptors (Lipinski definition) is 1. The third kappa shape index (κ3) is 2.71. The molecule has 120 valence electrons. The Balaban J connectivity index is 2.36. The largest absolute Gasteiger partial charge is 0.368 e. The summed E-state index contributed by atoms with van der Waals surface area (Å²) in [5, 5.41) is 0. The van der Waals surface area contributed by atoms with E-state index in [4.69, 9.17) is 5.73 Å². The number of rotatable bonds is 4. The molecule has 2 heteroatoms. The van der Waals surface area contributed by atoms with Crippen molar-refractivity contribution in [3.63, 3.8) is 0 Å². The van der Waals surface area contributed by atoms with Gasteiger partial charge in [0.05, 0.1) is 0 Å². The van der Waals surface area contributed by atoms with E-state index in [1.807, 2.05) is 72.8 Å². The number of hydrogen-bond donors (Lipinski definition) is 1. The van der Waals surface area contributed by atoms with E-state index in [0.717, 1.165) is 23.1 Å². The summed E-state index contributed by atoms with van der Waals surface area (Å²) >= 11 is 0. The van der Waals surface area contributed by atoms with Gasteiger partial charge in [0, 0.05) is 0 Å². The maximum Gasteiger partial charge on any atom is 0.237 e. The first kappa shape index (κ1) is 16.0. The van der Waals surface area contributed by atoms with E-state index in [1.54, 1.807) is 0 Å². The predicted octanol–water partition coefficient (Wildman–Crippen LogP) is 4.29. The topological polar surface area (TPSA) is 43.1 Å². The Kier molecular flexibility index (Phi) is 4.48. The summed E-state index contributed by atoms with van der Waals surface area (Å²) in [5.41, 5.74) is 8.90. The molecule has 1 aliphatic rings. The van der Waals surface area contributed by atoms with Crippen LogP contribution in [0.4, 0.5) is 0 Å². The minimum Gasteiger partial charge on any atom is -0.368 e. The highest BCUT2D eigenvalue weighted by Gasteiger charge is 2.43. The molecule has 2 aromatic rings. The Bertz CT molecular complexity index is 774. The van der Waals surface area contributed by atoms with Gasteiger partial charge < -0.3 is 5.73 Å². The molecule has 0 aliphatic heterocycles. The minimum absolute atomic E-state index is 0.370. The standard InChI is InChI=1S/C22H21NO/c1-17-10-8-9-15-20(16-17)22(21(23)24,18-11-4-2-5-12-18)19-13-6-3-7-14-19/h2-9,11-16H,10H2,1H3,(H2,23,24). The Morgan fingerprint density at radius 1 is 0.958 bits per heavy atom. The third-order valence-electron chi connectivity index (χ3n) is 4.47. The molecular weight excluding hydrogens is 294 g/mol. The zero-order valence-corrected chi connectivity index (χ0v) is 13.8. The van der Waals surface area contributed by atoms with Gasteiger partial charge in [0.15, 0.2) is 0 Å². The molecule has 2 aromatic carbocycles. The monoisotopic (exact) mass is 315 g/mol. The van der Waals surface area contributed by atoms with Gasteiger partial charge in [0.2, 0.25) is 5.91 Å². The first-order chi connectivity index (χ1) is 11.7. The molecule has 0 bridgehead atoms. The van der Waals surface area contributed by atoms with Gasteiger partial charge in [-0.25, -0.2) is 0 Å². The molecule has 0 saturated heterocycles. The van der Waals surface area contributed by atoms with Crippen molar-refractivity contribution < 1.29 is 4.79 Å². The fourth-order valence-corrected chi connectivity index (χ4v) is 3.33. The quantitative estimate of drug-likeness (QED) is 0.898. The molecule has 0 fully saturated rings.